The minimum Gasteiger partial charge on any atom is -0.444 e. The van der Waals surface area contributed by atoms with E-state index in [2.05, 4.69) is 36.1 Å². The van der Waals surface area contributed by atoms with Gasteiger partial charge in [-0.3, -0.25) is 4.90 Å². The molecule has 1 aromatic carbocycles. The van der Waals surface area contributed by atoms with Crippen molar-refractivity contribution in [1.82, 2.24) is 9.80 Å². The van der Waals surface area contributed by atoms with Crippen molar-refractivity contribution in [3.05, 3.63) is 35.9 Å². The smallest absolute Gasteiger partial charge is 0.410 e. The number of carbonyl (C=O) groups excluding carboxylic acids is 1. The Bertz CT molecular complexity index is 613. The molecule has 3 atom stereocenters. The number of hydrogen-bond acceptors (Lipinski definition) is 4. The first kappa shape index (κ1) is 18.2. The Morgan fingerprint density at radius 3 is 2.68 bits per heavy atom. The number of amides is 1. The summed E-state index contributed by atoms with van der Waals surface area (Å²) in [6.07, 6.45) is -0.266. The molecule has 5 nitrogen and oxygen atoms in total. The van der Waals surface area contributed by atoms with Crippen molar-refractivity contribution in [2.24, 2.45) is 5.92 Å². The van der Waals surface area contributed by atoms with Crippen LogP contribution in [0.25, 0.3) is 0 Å². The van der Waals surface area contributed by atoms with Crippen LogP contribution in [0, 0.1) is 5.92 Å². The fourth-order valence-electron chi connectivity index (χ4n) is 3.97. The van der Waals surface area contributed by atoms with Crippen molar-refractivity contribution in [3.8, 4) is 0 Å². The van der Waals surface area contributed by atoms with E-state index in [1.807, 2.05) is 33.9 Å². The van der Waals surface area contributed by atoms with Crippen LogP contribution in [-0.2, 0) is 9.47 Å². The second-order valence-electron chi connectivity index (χ2n) is 8.37. The van der Waals surface area contributed by atoms with Gasteiger partial charge in [0, 0.05) is 32.1 Å². The Kier molecular flexibility index (Phi) is 4.82. The van der Waals surface area contributed by atoms with Crippen LogP contribution >= 0.6 is 0 Å². The minimum atomic E-state index is -0.493. The van der Waals surface area contributed by atoms with Crippen LogP contribution in [0.15, 0.2) is 30.3 Å². The molecule has 2 aliphatic heterocycles. The molecule has 1 unspecified atom stereocenters. The van der Waals surface area contributed by atoms with Gasteiger partial charge >= 0.3 is 6.09 Å². The zero-order valence-electron chi connectivity index (χ0n) is 16.0. The van der Waals surface area contributed by atoms with Gasteiger partial charge in [-0.15, -0.1) is 0 Å². The van der Waals surface area contributed by atoms with E-state index < -0.39 is 5.60 Å². The molecule has 2 saturated heterocycles. The maximum atomic E-state index is 12.7. The van der Waals surface area contributed by atoms with E-state index in [-0.39, 0.29) is 11.6 Å². The van der Waals surface area contributed by atoms with Crippen molar-refractivity contribution in [2.75, 3.05) is 33.4 Å². The van der Waals surface area contributed by atoms with Gasteiger partial charge in [0.15, 0.2) is 0 Å². The molecular weight excluding hydrogens is 316 g/mol. The number of ether oxygens (including phenoxy) is 2. The van der Waals surface area contributed by atoms with E-state index in [9.17, 15) is 4.79 Å². The Morgan fingerprint density at radius 2 is 2.04 bits per heavy atom. The minimum absolute atomic E-state index is 0.266. The van der Waals surface area contributed by atoms with Crippen molar-refractivity contribution >= 4 is 6.09 Å². The zero-order chi connectivity index (χ0) is 18.2. The molecule has 0 N–H and O–H groups in total. The topological polar surface area (TPSA) is 42.0 Å². The summed E-state index contributed by atoms with van der Waals surface area (Å²) >= 11 is 0. The molecule has 2 heterocycles. The molecule has 2 fully saturated rings. The first-order valence-electron chi connectivity index (χ1n) is 9.06. The van der Waals surface area contributed by atoms with Gasteiger partial charge < -0.3 is 14.4 Å². The third-order valence-electron chi connectivity index (χ3n) is 5.53. The lowest BCUT2D eigenvalue weighted by molar-refractivity contribution is -0.00134. The molecule has 0 saturated carbocycles. The average Bonchev–Trinajstić information content (AvgIpc) is 3.10. The van der Waals surface area contributed by atoms with Gasteiger partial charge in [0.1, 0.15) is 5.60 Å². The lowest BCUT2D eigenvalue weighted by Gasteiger charge is -2.38. The van der Waals surface area contributed by atoms with Crippen LogP contribution in [0.4, 0.5) is 4.79 Å². The third-order valence-corrected chi connectivity index (χ3v) is 5.53. The molecule has 1 amide bonds. The van der Waals surface area contributed by atoms with Crippen molar-refractivity contribution in [2.45, 2.75) is 44.9 Å². The van der Waals surface area contributed by atoms with Crippen LogP contribution in [-0.4, -0.2) is 60.4 Å². The van der Waals surface area contributed by atoms with E-state index in [4.69, 9.17) is 9.47 Å². The van der Waals surface area contributed by atoms with Gasteiger partial charge in [-0.1, -0.05) is 30.3 Å². The number of likely N-dealkylation sites (N-methyl/N-ethyl adjacent to an activating group) is 1. The van der Waals surface area contributed by atoms with Gasteiger partial charge in [-0.2, -0.15) is 0 Å². The molecule has 25 heavy (non-hydrogen) atoms. The molecule has 2 aliphatic rings. The predicted octanol–water partition coefficient (Wildman–Crippen LogP) is 3.32. The maximum Gasteiger partial charge on any atom is 0.410 e. The summed E-state index contributed by atoms with van der Waals surface area (Å²) in [5, 5.41) is 0. The summed E-state index contributed by atoms with van der Waals surface area (Å²) in [5.41, 5.74) is 0.510. The van der Waals surface area contributed by atoms with Gasteiger partial charge in [-0.25, -0.2) is 4.79 Å². The van der Waals surface area contributed by atoms with Gasteiger partial charge in [0.05, 0.1) is 18.8 Å². The van der Waals surface area contributed by atoms with Gasteiger partial charge in [0.2, 0.25) is 0 Å². The van der Waals surface area contributed by atoms with Gasteiger partial charge in [-0.05, 0) is 33.3 Å². The van der Waals surface area contributed by atoms with Crippen LogP contribution in [0.3, 0.4) is 0 Å². The normalized spacial score (nSPS) is 27.8. The fraction of sp³-hybridized carbons (Fsp3) is 0.650. The van der Waals surface area contributed by atoms with E-state index in [1.54, 1.807) is 4.90 Å². The molecule has 0 bridgehead atoms. The standard InChI is InChI=1S/C20H30N2O3/c1-15(16-9-7-6-8-10-16)22-11-17-12-24-14-20(17,13-22)21(5)18(23)25-19(2,3)4/h6-10,15,17H,11-14H2,1-5H3/t15-,17?,20+/m1/s1. The highest BCUT2D eigenvalue weighted by atomic mass is 16.6. The molecule has 0 radical (unpaired) electrons. The quantitative estimate of drug-likeness (QED) is 0.842. The number of likely N-dealkylation sites (tertiary alicyclic amines) is 1. The van der Waals surface area contributed by atoms with E-state index in [0.29, 0.717) is 25.2 Å². The number of benzene rings is 1. The summed E-state index contributed by atoms with van der Waals surface area (Å²) in [5.74, 6) is 0.316. The number of rotatable bonds is 3. The maximum absolute atomic E-state index is 12.7. The number of carbonyl (C=O) groups is 1. The Labute approximate surface area is 150 Å². The van der Waals surface area contributed by atoms with Crippen LogP contribution in [0.1, 0.15) is 39.3 Å². The fourth-order valence-corrected chi connectivity index (χ4v) is 3.97. The van der Waals surface area contributed by atoms with Crippen LogP contribution < -0.4 is 0 Å². The van der Waals surface area contributed by atoms with Crippen LogP contribution in [0.2, 0.25) is 0 Å². The highest BCUT2D eigenvalue weighted by Crippen LogP contribution is 2.41. The second kappa shape index (κ2) is 6.61. The van der Waals surface area contributed by atoms with E-state index >= 15 is 0 Å². The summed E-state index contributed by atoms with van der Waals surface area (Å²) < 4.78 is 11.4. The number of hydrogen-bond donors (Lipinski definition) is 0. The molecule has 5 heteroatoms. The largest absolute Gasteiger partial charge is 0.444 e. The Morgan fingerprint density at radius 1 is 1.36 bits per heavy atom. The molecule has 0 spiro atoms. The van der Waals surface area contributed by atoms with E-state index in [1.165, 1.54) is 5.56 Å². The average molecular weight is 346 g/mol. The highest BCUT2D eigenvalue weighted by Gasteiger charge is 2.56. The first-order valence-corrected chi connectivity index (χ1v) is 9.06. The second-order valence-corrected chi connectivity index (χ2v) is 8.37. The SMILES string of the molecule is C[C@H](c1ccccc1)N1CC2COC[C@@]2(N(C)C(=O)OC(C)(C)C)C1. The highest BCUT2D eigenvalue weighted by molar-refractivity contribution is 5.69. The zero-order valence-corrected chi connectivity index (χ0v) is 16.0. The van der Waals surface area contributed by atoms with Crippen molar-refractivity contribution in [3.63, 3.8) is 0 Å². The van der Waals surface area contributed by atoms with Crippen LogP contribution in [0.5, 0.6) is 0 Å². The number of fused-ring (bicyclic) bond motifs is 1. The molecule has 0 aliphatic carbocycles. The monoisotopic (exact) mass is 346 g/mol. The van der Waals surface area contributed by atoms with E-state index in [0.717, 1.165) is 13.1 Å². The lowest BCUT2D eigenvalue weighted by atomic mass is 9.89. The summed E-state index contributed by atoms with van der Waals surface area (Å²) in [6.45, 7) is 11.0. The number of nitrogens with zero attached hydrogens (tertiary/aromatic N) is 2. The molecule has 138 valence electrons. The Hall–Kier alpha value is -1.59. The van der Waals surface area contributed by atoms with Crippen molar-refractivity contribution in [1.29, 1.82) is 0 Å². The summed E-state index contributed by atoms with van der Waals surface area (Å²) in [7, 11) is 1.85. The third kappa shape index (κ3) is 3.53. The predicted molar refractivity (Wildman–Crippen MR) is 97.5 cm³/mol. The first-order chi connectivity index (χ1) is 11.7. The molecule has 3 rings (SSSR count). The van der Waals surface area contributed by atoms with Crippen molar-refractivity contribution < 1.29 is 14.3 Å². The summed E-state index contributed by atoms with van der Waals surface area (Å²) in [6, 6.07) is 10.8. The van der Waals surface area contributed by atoms with Gasteiger partial charge in [0.25, 0.3) is 0 Å². The summed E-state index contributed by atoms with van der Waals surface area (Å²) in [4.78, 5) is 16.9. The molecule has 0 aromatic heterocycles. The Balaban J connectivity index is 1.77. The molecule has 1 aromatic rings. The lowest BCUT2D eigenvalue weighted by Crippen LogP contribution is -2.56. The molecular formula is C20H30N2O3.